The first-order valence-electron chi connectivity index (χ1n) is 11.7. The molecule has 1 aromatic carbocycles. The van der Waals surface area contributed by atoms with E-state index in [0.29, 0.717) is 34.9 Å². The molecular weight excluding hydrogens is 526 g/mol. The summed E-state index contributed by atoms with van der Waals surface area (Å²) >= 11 is 0. The average Bonchev–Trinajstić information content (AvgIpc) is 3.55. The molecule has 5 rings (SSSR count). The van der Waals surface area contributed by atoms with Gasteiger partial charge in [-0.05, 0) is 55.2 Å². The Labute approximate surface area is 215 Å². The second-order valence-corrected chi connectivity index (χ2v) is 10.8. The number of rotatable bonds is 7. The lowest BCUT2D eigenvalue weighted by Crippen LogP contribution is -2.40. The number of halogens is 4. The van der Waals surface area contributed by atoms with Gasteiger partial charge in [-0.1, -0.05) is 6.07 Å². The van der Waals surface area contributed by atoms with Crippen molar-refractivity contribution in [2.75, 3.05) is 6.54 Å². The van der Waals surface area contributed by atoms with Crippen LogP contribution < -0.4 is 0 Å². The van der Waals surface area contributed by atoms with Crippen molar-refractivity contribution in [3.05, 3.63) is 78.1 Å². The minimum Gasteiger partial charge on any atom is -0.443 e. The predicted octanol–water partition coefficient (Wildman–Crippen LogP) is 5.40. The molecule has 0 unspecified atom stereocenters. The van der Waals surface area contributed by atoms with Crippen molar-refractivity contribution in [1.29, 1.82) is 0 Å². The Kier molecular flexibility index (Phi) is 6.78. The van der Waals surface area contributed by atoms with Crippen molar-refractivity contribution in [1.82, 2.24) is 14.3 Å². The Bertz CT molecular complexity index is 1600. The second-order valence-electron chi connectivity index (χ2n) is 9.00. The smallest absolute Gasteiger partial charge is 0.433 e. The van der Waals surface area contributed by atoms with E-state index in [1.807, 2.05) is 0 Å². The van der Waals surface area contributed by atoms with E-state index in [2.05, 4.69) is 9.97 Å². The zero-order chi connectivity index (χ0) is 27.1. The van der Waals surface area contributed by atoms with Crippen LogP contribution in [0, 0.1) is 5.82 Å². The quantitative estimate of drug-likeness (QED) is 0.288. The van der Waals surface area contributed by atoms with Crippen LogP contribution in [0.5, 0.6) is 0 Å². The summed E-state index contributed by atoms with van der Waals surface area (Å²) in [7, 11) is -4.12. The number of aromatic nitrogens is 2. The monoisotopic (exact) mass is 547 g/mol. The molecule has 1 atom stereocenters. The number of pyridine rings is 2. The zero-order valence-electron chi connectivity index (χ0n) is 19.8. The molecule has 0 amide bonds. The van der Waals surface area contributed by atoms with Crippen LogP contribution in [0.15, 0.2) is 70.6 Å². The van der Waals surface area contributed by atoms with Crippen LogP contribution in [-0.4, -0.2) is 41.1 Å². The number of carbonyl (C=O) groups excluding carboxylic acids is 1. The SMILES string of the molecule is O=C(CCc1cncc(-c2ccc(C(F)(F)F)nc2)c1)[C@@H]1CCCN1S(=O)(=O)c1cc2cc(F)ccc2o1. The van der Waals surface area contributed by atoms with Gasteiger partial charge in [0.05, 0.1) is 6.04 Å². The molecule has 0 bridgehead atoms. The highest BCUT2D eigenvalue weighted by atomic mass is 32.2. The first-order valence-corrected chi connectivity index (χ1v) is 13.2. The maximum atomic E-state index is 13.5. The van der Waals surface area contributed by atoms with Gasteiger partial charge in [0.25, 0.3) is 10.0 Å². The molecule has 12 heteroatoms. The van der Waals surface area contributed by atoms with E-state index >= 15 is 0 Å². The maximum absolute atomic E-state index is 13.5. The van der Waals surface area contributed by atoms with Crippen LogP contribution in [0.3, 0.4) is 0 Å². The third-order valence-corrected chi connectivity index (χ3v) is 8.20. The second kappa shape index (κ2) is 9.91. The Morgan fingerprint density at radius 2 is 1.87 bits per heavy atom. The lowest BCUT2D eigenvalue weighted by atomic mass is 10.0. The van der Waals surface area contributed by atoms with Crippen LogP contribution in [0.2, 0.25) is 0 Å². The fourth-order valence-corrected chi connectivity index (χ4v) is 6.16. The maximum Gasteiger partial charge on any atom is 0.433 e. The number of hydrogen-bond acceptors (Lipinski definition) is 6. The summed E-state index contributed by atoms with van der Waals surface area (Å²) in [5.41, 5.74) is 0.881. The number of sulfonamides is 1. The Hall–Kier alpha value is -3.64. The molecule has 0 saturated carbocycles. The van der Waals surface area contributed by atoms with Crippen LogP contribution in [-0.2, 0) is 27.4 Å². The molecule has 1 saturated heterocycles. The lowest BCUT2D eigenvalue weighted by molar-refractivity contribution is -0.141. The van der Waals surface area contributed by atoms with Gasteiger partial charge in [0.15, 0.2) is 5.78 Å². The average molecular weight is 548 g/mol. The molecule has 1 aliphatic rings. The molecule has 38 heavy (non-hydrogen) atoms. The number of carbonyl (C=O) groups is 1. The minimum absolute atomic E-state index is 0.0401. The number of ketones is 1. The fraction of sp³-hybridized carbons (Fsp3) is 0.269. The molecule has 0 N–H and O–H groups in total. The summed E-state index contributed by atoms with van der Waals surface area (Å²) in [4.78, 5) is 20.7. The van der Waals surface area contributed by atoms with Gasteiger partial charge in [-0.2, -0.15) is 17.5 Å². The molecule has 0 radical (unpaired) electrons. The lowest BCUT2D eigenvalue weighted by Gasteiger charge is -2.21. The van der Waals surface area contributed by atoms with Crippen molar-refractivity contribution in [3.8, 4) is 11.1 Å². The summed E-state index contributed by atoms with van der Waals surface area (Å²) in [6.45, 7) is 0.155. The molecular formula is C26H21F4N3O4S. The van der Waals surface area contributed by atoms with E-state index in [1.165, 1.54) is 36.5 Å². The Balaban J connectivity index is 1.28. The highest BCUT2D eigenvalue weighted by molar-refractivity contribution is 7.89. The van der Waals surface area contributed by atoms with Crippen LogP contribution in [0.1, 0.15) is 30.5 Å². The van der Waals surface area contributed by atoms with E-state index in [0.717, 1.165) is 16.6 Å². The van der Waals surface area contributed by atoms with Crippen LogP contribution in [0.4, 0.5) is 17.6 Å². The summed E-state index contributed by atoms with van der Waals surface area (Å²) in [5.74, 6) is -0.792. The van der Waals surface area contributed by atoms with Crippen molar-refractivity contribution in [2.24, 2.45) is 0 Å². The number of Topliss-reactive ketones (excluding diaryl/α,β-unsaturated/α-hetero) is 1. The van der Waals surface area contributed by atoms with E-state index in [1.54, 1.807) is 12.3 Å². The predicted molar refractivity (Wildman–Crippen MR) is 129 cm³/mol. The molecule has 1 fully saturated rings. The third kappa shape index (κ3) is 5.18. The minimum atomic E-state index is -4.54. The highest BCUT2D eigenvalue weighted by Crippen LogP contribution is 2.32. The number of benzene rings is 1. The zero-order valence-corrected chi connectivity index (χ0v) is 20.6. The van der Waals surface area contributed by atoms with Gasteiger partial charge in [-0.15, -0.1) is 0 Å². The van der Waals surface area contributed by atoms with Crippen molar-refractivity contribution in [2.45, 2.75) is 43.0 Å². The van der Waals surface area contributed by atoms with Crippen molar-refractivity contribution in [3.63, 3.8) is 0 Å². The normalized spacial score (nSPS) is 16.8. The van der Waals surface area contributed by atoms with Gasteiger partial charge in [0, 0.05) is 54.1 Å². The molecule has 0 spiro atoms. The topological polar surface area (TPSA) is 93.4 Å². The van der Waals surface area contributed by atoms with Gasteiger partial charge in [0.2, 0.25) is 5.09 Å². The van der Waals surface area contributed by atoms with E-state index in [-0.39, 0.29) is 35.8 Å². The van der Waals surface area contributed by atoms with Gasteiger partial charge >= 0.3 is 6.18 Å². The summed E-state index contributed by atoms with van der Waals surface area (Å²) in [5, 5.41) is -0.0406. The molecule has 198 valence electrons. The molecule has 4 heterocycles. The standard InChI is InChI=1S/C26H21F4N3O4S/c27-20-5-7-23-18(11-20)12-25(37-23)38(35,36)33-9-1-2-21(33)22(34)6-3-16-10-19(14-31-13-16)17-4-8-24(32-15-17)26(28,29)30/h4-5,7-8,10-15,21H,1-3,6,9H2/t21-/m0/s1. The number of hydrogen-bond donors (Lipinski definition) is 0. The summed E-state index contributed by atoms with van der Waals surface area (Å²) in [6, 6.07) is 7.98. The van der Waals surface area contributed by atoms with E-state index in [9.17, 15) is 30.8 Å². The number of furan rings is 1. The third-order valence-electron chi connectivity index (χ3n) is 6.44. The molecule has 1 aliphatic heterocycles. The van der Waals surface area contributed by atoms with E-state index in [4.69, 9.17) is 4.42 Å². The number of fused-ring (bicyclic) bond motifs is 1. The highest BCUT2D eigenvalue weighted by Gasteiger charge is 2.40. The van der Waals surface area contributed by atoms with Crippen LogP contribution in [0.25, 0.3) is 22.1 Å². The number of aryl methyl sites for hydroxylation is 1. The van der Waals surface area contributed by atoms with Gasteiger partial charge in [0.1, 0.15) is 17.1 Å². The number of alkyl halides is 3. The van der Waals surface area contributed by atoms with E-state index < -0.39 is 33.8 Å². The Morgan fingerprint density at radius 1 is 1.05 bits per heavy atom. The summed E-state index contributed by atoms with van der Waals surface area (Å²) in [6.07, 6.45) is 0.780. The van der Waals surface area contributed by atoms with Gasteiger partial charge in [-0.25, -0.2) is 12.8 Å². The first-order chi connectivity index (χ1) is 18.0. The fourth-order valence-electron chi connectivity index (χ4n) is 4.53. The number of nitrogens with zero attached hydrogens (tertiary/aromatic N) is 3. The molecule has 4 aromatic rings. The van der Waals surface area contributed by atoms with Crippen molar-refractivity contribution >= 4 is 26.8 Å². The van der Waals surface area contributed by atoms with Crippen molar-refractivity contribution < 1.29 is 35.2 Å². The van der Waals surface area contributed by atoms with Gasteiger partial charge in [-0.3, -0.25) is 14.8 Å². The molecule has 7 nitrogen and oxygen atoms in total. The first kappa shape index (κ1) is 26.0. The Morgan fingerprint density at radius 3 is 2.61 bits per heavy atom. The van der Waals surface area contributed by atoms with Crippen LogP contribution >= 0.6 is 0 Å². The molecule has 3 aromatic heterocycles. The molecule has 0 aliphatic carbocycles. The van der Waals surface area contributed by atoms with Gasteiger partial charge < -0.3 is 4.42 Å². The summed E-state index contributed by atoms with van der Waals surface area (Å²) < 4.78 is 85.0. The largest absolute Gasteiger partial charge is 0.443 e.